The Morgan fingerprint density at radius 3 is 0.667 bits per heavy atom. The molecule has 0 unspecified atom stereocenters. The van der Waals surface area contributed by atoms with Crippen LogP contribution in [0.3, 0.4) is 0 Å². The third-order valence-electron chi connectivity index (χ3n) is 5.21. The smallest absolute Gasteiger partial charge is 0.0357 e. The molecule has 2 saturated carbocycles. The summed E-state index contributed by atoms with van der Waals surface area (Å²) in [6, 6.07) is 0. The number of rotatable bonds is 4. The fraction of sp³-hybridized carbons (Fsp3) is 1.00. The van der Waals surface area contributed by atoms with Crippen LogP contribution in [0.5, 0.6) is 0 Å². The molecule has 0 amide bonds. The van der Waals surface area contributed by atoms with E-state index in [1.807, 2.05) is 0 Å². The zero-order valence-electron chi connectivity index (χ0n) is 14.0. The Labute approximate surface area is 116 Å². The highest BCUT2D eigenvalue weighted by Crippen LogP contribution is 2.49. The van der Waals surface area contributed by atoms with E-state index in [0.29, 0.717) is 0 Å². The van der Waals surface area contributed by atoms with Crippen molar-refractivity contribution in [2.75, 3.05) is 0 Å². The zero-order valence-corrected chi connectivity index (χ0v) is 14.0. The normalized spacial score (nSPS) is 34.0. The van der Waals surface area contributed by atoms with Crippen molar-refractivity contribution in [3.8, 4) is 0 Å². The van der Waals surface area contributed by atoms with Gasteiger partial charge in [-0.25, -0.2) is 0 Å². The summed E-state index contributed by atoms with van der Waals surface area (Å²) in [7, 11) is 0. The van der Waals surface area contributed by atoms with E-state index in [-0.39, 0.29) is 0 Å². The van der Waals surface area contributed by atoms with Gasteiger partial charge in [-0.1, -0.05) is 55.4 Å². The summed E-state index contributed by atoms with van der Waals surface area (Å²) in [4.78, 5) is 0. The van der Waals surface area contributed by atoms with Gasteiger partial charge in [-0.05, 0) is 60.2 Å². The second kappa shape index (κ2) is 6.44. The summed E-state index contributed by atoms with van der Waals surface area (Å²) in [5, 5.41) is 0. The van der Waals surface area contributed by atoms with E-state index >= 15 is 0 Å². The van der Waals surface area contributed by atoms with Crippen molar-refractivity contribution in [2.45, 2.75) is 68.2 Å². The van der Waals surface area contributed by atoms with Crippen molar-refractivity contribution >= 4 is 0 Å². The van der Waals surface area contributed by atoms with E-state index in [4.69, 9.17) is 0 Å². The maximum atomic E-state index is 2.34. The van der Waals surface area contributed by atoms with Gasteiger partial charge >= 0.3 is 0 Å². The first-order valence-corrected chi connectivity index (χ1v) is 8.25. The quantitative estimate of drug-likeness (QED) is 0.587. The summed E-state index contributed by atoms with van der Waals surface area (Å²) >= 11 is 0. The Morgan fingerprint density at radius 1 is 0.444 bits per heavy atom. The van der Waals surface area contributed by atoms with Gasteiger partial charge < -0.3 is 0 Å². The van der Waals surface area contributed by atoms with Gasteiger partial charge in [0.2, 0.25) is 0 Å². The third-order valence-corrected chi connectivity index (χ3v) is 5.21. The third kappa shape index (κ3) is 4.59. The molecule has 0 aromatic rings. The van der Waals surface area contributed by atoms with Crippen LogP contribution in [0.1, 0.15) is 68.2 Å². The fourth-order valence-electron chi connectivity index (χ4n) is 3.54. The van der Waals surface area contributed by atoms with Crippen molar-refractivity contribution < 1.29 is 0 Å². The summed E-state index contributed by atoms with van der Waals surface area (Å²) in [5.74, 6) is 7.95. The second-order valence-corrected chi connectivity index (χ2v) is 8.10. The van der Waals surface area contributed by atoms with Crippen LogP contribution in [0.25, 0.3) is 0 Å². The molecule has 0 radical (unpaired) electrons. The van der Waals surface area contributed by atoms with E-state index in [0.717, 1.165) is 47.3 Å². The molecule has 0 aromatic carbocycles. The Balaban J connectivity index is 0.000000180. The Hall–Kier alpha value is 0. The van der Waals surface area contributed by atoms with Gasteiger partial charge in [0.05, 0.1) is 0 Å². The van der Waals surface area contributed by atoms with Crippen molar-refractivity contribution in [3.05, 3.63) is 0 Å². The maximum Gasteiger partial charge on any atom is -0.0357 e. The minimum Gasteiger partial charge on any atom is -0.0625 e. The van der Waals surface area contributed by atoms with E-state index in [2.05, 4.69) is 55.4 Å². The first-order chi connectivity index (χ1) is 8.25. The highest BCUT2D eigenvalue weighted by atomic mass is 14.5. The van der Waals surface area contributed by atoms with Crippen LogP contribution < -0.4 is 0 Å². The van der Waals surface area contributed by atoms with Crippen LogP contribution in [0.2, 0.25) is 0 Å². The van der Waals surface area contributed by atoms with Gasteiger partial charge in [-0.2, -0.15) is 0 Å². The molecule has 2 aliphatic rings. The topological polar surface area (TPSA) is 0 Å². The molecule has 0 bridgehead atoms. The lowest BCUT2D eigenvalue weighted by atomic mass is 10.0. The first kappa shape index (κ1) is 16.1. The molecule has 2 aliphatic carbocycles. The molecule has 0 saturated heterocycles. The van der Waals surface area contributed by atoms with Crippen molar-refractivity contribution in [2.24, 2.45) is 47.3 Å². The average molecular weight is 252 g/mol. The van der Waals surface area contributed by atoms with Gasteiger partial charge in [-0.15, -0.1) is 0 Å². The molecule has 0 heterocycles. The summed E-state index contributed by atoms with van der Waals surface area (Å²) < 4.78 is 0. The second-order valence-electron chi connectivity index (χ2n) is 8.10. The summed E-state index contributed by atoms with van der Waals surface area (Å²) in [5.41, 5.74) is 0. The monoisotopic (exact) mass is 252 g/mol. The molecule has 2 fully saturated rings. The minimum atomic E-state index is 0.928. The van der Waals surface area contributed by atoms with Crippen LogP contribution in [-0.4, -0.2) is 0 Å². The number of hydrogen-bond acceptors (Lipinski definition) is 0. The predicted molar refractivity (Wildman–Crippen MR) is 82.5 cm³/mol. The van der Waals surface area contributed by atoms with Gasteiger partial charge in [0.25, 0.3) is 0 Å². The molecule has 0 heteroatoms. The van der Waals surface area contributed by atoms with Crippen LogP contribution in [0.15, 0.2) is 0 Å². The average Bonchev–Trinajstić information content (AvgIpc) is 3.12. The Kier molecular flexibility index (Phi) is 5.74. The highest BCUT2D eigenvalue weighted by Gasteiger charge is 2.41. The van der Waals surface area contributed by atoms with E-state index in [9.17, 15) is 0 Å². The summed E-state index contributed by atoms with van der Waals surface area (Å²) in [6.45, 7) is 18.7. The number of hydrogen-bond donors (Lipinski definition) is 0. The standard InChI is InChI=1S/2C9H18/c2*1-6(2)8-5-9(8)7(3)4/h2*6-9H,5H2,1-4H3/t8-,9+;8-,9-/m.0/s1. The van der Waals surface area contributed by atoms with Gasteiger partial charge in [0.15, 0.2) is 0 Å². The van der Waals surface area contributed by atoms with Crippen molar-refractivity contribution in [3.63, 3.8) is 0 Å². The lowest BCUT2D eigenvalue weighted by Gasteiger charge is -2.04. The van der Waals surface area contributed by atoms with Crippen LogP contribution in [-0.2, 0) is 0 Å². The molecule has 0 aliphatic heterocycles. The van der Waals surface area contributed by atoms with Gasteiger partial charge in [-0.3, -0.25) is 0 Å². The largest absolute Gasteiger partial charge is 0.0625 e. The molecule has 0 spiro atoms. The van der Waals surface area contributed by atoms with Crippen molar-refractivity contribution in [1.29, 1.82) is 0 Å². The molecule has 0 N–H and O–H groups in total. The molecule has 18 heavy (non-hydrogen) atoms. The van der Waals surface area contributed by atoms with Crippen molar-refractivity contribution in [1.82, 2.24) is 0 Å². The summed E-state index contributed by atoms with van der Waals surface area (Å²) in [6.07, 6.45) is 2.99. The van der Waals surface area contributed by atoms with E-state index < -0.39 is 0 Å². The lowest BCUT2D eigenvalue weighted by molar-refractivity contribution is 0.448. The minimum absolute atomic E-state index is 0.928. The Morgan fingerprint density at radius 2 is 0.611 bits per heavy atom. The van der Waals surface area contributed by atoms with Gasteiger partial charge in [0.1, 0.15) is 0 Å². The SMILES string of the molecule is CC(C)[C@@H]1C[C@H]1C(C)C.CC(C)[C@H]1C[C@H]1C(C)C. The predicted octanol–water partition coefficient (Wildman–Crippen LogP) is 5.87. The molecular weight excluding hydrogens is 216 g/mol. The van der Waals surface area contributed by atoms with Gasteiger partial charge in [0, 0.05) is 0 Å². The lowest BCUT2D eigenvalue weighted by Crippen LogP contribution is -1.97. The van der Waals surface area contributed by atoms with E-state index in [1.165, 1.54) is 12.8 Å². The molecule has 0 nitrogen and oxygen atoms in total. The molecule has 108 valence electrons. The van der Waals surface area contributed by atoms with Crippen LogP contribution in [0.4, 0.5) is 0 Å². The van der Waals surface area contributed by atoms with Crippen LogP contribution in [0, 0.1) is 47.3 Å². The zero-order chi connectivity index (χ0) is 14.0. The molecule has 4 atom stereocenters. The highest BCUT2D eigenvalue weighted by molar-refractivity contribution is 4.90. The maximum absolute atomic E-state index is 2.34. The van der Waals surface area contributed by atoms with Crippen LogP contribution >= 0.6 is 0 Å². The molecular formula is C18H36. The molecule has 0 aromatic heterocycles. The van der Waals surface area contributed by atoms with E-state index in [1.54, 1.807) is 0 Å². The Bertz CT molecular complexity index is 186. The fourth-order valence-corrected chi connectivity index (χ4v) is 3.54. The molecule has 2 rings (SSSR count). The first-order valence-electron chi connectivity index (χ1n) is 8.25.